The average Bonchev–Trinajstić information content (AvgIpc) is 2.59. The highest BCUT2D eigenvalue weighted by Crippen LogP contribution is 2.26. The highest BCUT2D eigenvalue weighted by atomic mass is 16.5. The molecule has 1 amide bonds. The zero-order chi connectivity index (χ0) is 18.2. The number of phenolic OH excluding ortho intramolecular Hbond substituents is 1. The van der Waals surface area contributed by atoms with E-state index >= 15 is 0 Å². The zero-order valence-electron chi connectivity index (χ0n) is 14.6. The second-order valence-corrected chi connectivity index (χ2v) is 5.49. The van der Waals surface area contributed by atoms with Crippen LogP contribution >= 0.6 is 0 Å². The van der Waals surface area contributed by atoms with E-state index in [9.17, 15) is 9.90 Å². The minimum Gasteiger partial charge on any atom is -0.504 e. The molecule has 0 unspecified atom stereocenters. The molecule has 0 spiro atoms. The maximum absolute atomic E-state index is 11.8. The fraction of sp³-hybridized carbons (Fsp3) is 0.263. The van der Waals surface area contributed by atoms with Gasteiger partial charge >= 0.3 is 0 Å². The number of ether oxygens (including phenoxy) is 2. The predicted molar refractivity (Wildman–Crippen MR) is 96.4 cm³/mol. The van der Waals surface area contributed by atoms with Crippen molar-refractivity contribution in [3.8, 4) is 17.2 Å². The van der Waals surface area contributed by atoms with Crippen molar-refractivity contribution in [1.29, 1.82) is 0 Å². The topological polar surface area (TPSA) is 80.2 Å². The molecule has 0 bridgehead atoms. The van der Waals surface area contributed by atoms with E-state index in [1.54, 1.807) is 12.1 Å². The molecule has 6 heteroatoms. The summed E-state index contributed by atoms with van der Waals surface area (Å²) in [6, 6.07) is 10.5. The van der Waals surface area contributed by atoms with Crippen molar-refractivity contribution in [3.05, 3.63) is 53.1 Å². The molecule has 0 heterocycles. The van der Waals surface area contributed by atoms with Crippen LogP contribution < -0.4 is 14.9 Å². The summed E-state index contributed by atoms with van der Waals surface area (Å²) in [6.07, 6.45) is 1.47. The normalized spacial score (nSPS) is 10.7. The Morgan fingerprint density at radius 1 is 1.16 bits per heavy atom. The summed E-state index contributed by atoms with van der Waals surface area (Å²) in [5.41, 5.74) is 5.36. The molecule has 25 heavy (non-hydrogen) atoms. The third-order valence-electron chi connectivity index (χ3n) is 3.53. The van der Waals surface area contributed by atoms with Crippen molar-refractivity contribution < 1.29 is 19.4 Å². The average molecular weight is 342 g/mol. The molecule has 0 aliphatic carbocycles. The van der Waals surface area contributed by atoms with Crippen LogP contribution in [0.3, 0.4) is 0 Å². The second kappa shape index (κ2) is 8.73. The molecule has 2 aromatic carbocycles. The van der Waals surface area contributed by atoms with Crippen LogP contribution in [0.4, 0.5) is 0 Å². The van der Waals surface area contributed by atoms with Gasteiger partial charge in [0.2, 0.25) is 0 Å². The molecule has 0 aromatic heterocycles. The van der Waals surface area contributed by atoms with Gasteiger partial charge in [-0.1, -0.05) is 6.07 Å². The standard InChI is InChI=1S/C19H22N2O4/c1-4-24-18-10-15(6-8-17(18)22)11-20-21-19(23)12-25-16-7-5-13(2)14(3)9-16/h5-11,22H,4,12H2,1-3H3,(H,21,23). The quantitative estimate of drug-likeness (QED) is 0.599. The summed E-state index contributed by atoms with van der Waals surface area (Å²) >= 11 is 0. The van der Waals surface area contributed by atoms with Crippen LogP contribution in [0.5, 0.6) is 17.2 Å². The summed E-state index contributed by atoms with van der Waals surface area (Å²) in [4.78, 5) is 11.8. The molecule has 0 fully saturated rings. The predicted octanol–water partition coefficient (Wildman–Crippen LogP) is 2.94. The van der Waals surface area contributed by atoms with Gasteiger partial charge in [0.25, 0.3) is 5.91 Å². The van der Waals surface area contributed by atoms with Crippen LogP contribution in [-0.4, -0.2) is 30.4 Å². The van der Waals surface area contributed by atoms with Crippen LogP contribution in [0, 0.1) is 13.8 Å². The zero-order valence-corrected chi connectivity index (χ0v) is 14.6. The van der Waals surface area contributed by atoms with Gasteiger partial charge in [0.05, 0.1) is 12.8 Å². The van der Waals surface area contributed by atoms with Crippen LogP contribution in [-0.2, 0) is 4.79 Å². The van der Waals surface area contributed by atoms with E-state index in [1.807, 2.05) is 39.0 Å². The molecule has 2 rings (SSSR count). The number of hydrogen-bond donors (Lipinski definition) is 2. The molecule has 2 N–H and O–H groups in total. The molecule has 0 saturated carbocycles. The number of carbonyl (C=O) groups excluding carboxylic acids is 1. The number of nitrogens with zero attached hydrogens (tertiary/aromatic N) is 1. The SMILES string of the molecule is CCOc1cc(C=NNC(=O)COc2ccc(C)c(C)c2)ccc1O. The number of rotatable bonds is 7. The van der Waals surface area contributed by atoms with Crippen molar-refractivity contribution >= 4 is 12.1 Å². The molecule has 132 valence electrons. The monoisotopic (exact) mass is 342 g/mol. The van der Waals surface area contributed by atoms with Crippen LogP contribution in [0.15, 0.2) is 41.5 Å². The van der Waals surface area contributed by atoms with Gasteiger partial charge in [0.1, 0.15) is 5.75 Å². The second-order valence-electron chi connectivity index (χ2n) is 5.49. The number of carbonyl (C=O) groups is 1. The Hall–Kier alpha value is -3.02. The Kier molecular flexibility index (Phi) is 6.39. The number of amides is 1. The molecule has 2 aromatic rings. The van der Waals surface area contributed by atoms with Crippen LogP contribution in [0.1, 0.15) is 23.6 Å². The Labute approximate surface area is 147 Å². The molecular weight excluding hydrogens is 320 g/mol. The smallest absolute Gasteiger partial charge is 0.277 e. The van der Waals surface area contributed by atoms with Crippen molar-refractivity contribution in [2.24, 2.45) is 5.10 Å². The third kappa shape index (κ3) is 5.53. The first-order valence-electron chi connectivity index (χ1n) is 7.97. The summed E-state index contributed by atoms with van der Waals surface area (Å²) in [5, 5.41) is 13.5. The number of hydrazone groups is 1. The number of benzene rings is 2. The van der Waals surface area contributed by atoms with Crippen molar-refractivity contribution in [2.75, 3.05) is 13.2 Å². The van der Waals surface area contributed by atoms with Gasteiger partial charge in [-0.2, -0.15) is 5.10 Å². The number of hydrogen-bond acceptors (Lipinski definition) is 5. The molecule has 0 atom stereocenters. The van der Waals surface area contributed by atoms with E-state index in [0.29, 0.717) is 23.7 Å². The number of aryl methyl sites for hydroxylation is 2. The first kappa shape index (κ1) is 18.3. The van der Waals surface area contributed by atoms with E-state index in [0.717, 1.165) is 5.56 Å². The van der Waals surface area contributed by atoms with E-state index in [4.69, 9.17) is 9.47 Å². The van der Waals surface area contributed by atoms with Gasteiger partial charge < -0.3 is 14.6 Å². The first-order valence-corrected chi connectivity index (χ1v) is 7.97. The lowest BCUT2D eigenvalue weighted by Crippen LogP contribution is -2.24. The number of aromatic hydroxyl groups is 1. The Bertz CT molecular complexity index is 772. The minimum absolute atomic E-state index is 0.0600. The number of phenols is 1. The lowest BCUT2D eigenvalue weighted by Gasteiger charge is -2.07. The van der Waals surface area contributed by atoms with E-state index in [1.165, 1.54) is 17.8 Å². The largest absolute Gasteiger partial charge is 0.504 e. The Morgan fingerprint density at radius 3 is 2.68 bits per heavy atom. The highest BCUT2D eigenvalue weighted by molar-refractivity contribution is 5.83. The summed E-state index contributed by atoms with van der Waals surface area (Å²) in [5.74, 6) is 0.709. The minimum atomic E-state index is -0.363. The lowest BCUT2D eigenvalue weighted by molar-refractivity contribution is -0.123. The molecule has 0 saturated heterocycles. The third-order valence-corrected chi connectivity index (χ3v) is 3.53. The fourth-order valence-corrected chi connectivity index (χ4v) is 2.05. The summed E-state index contributed by atoms with van der Waals surface area (Å²) < 4.78 is 10.7. The van der Waals surface area contributed by atoms with Gasteiger partial charge in [-0.25, -0.2) is 5.43 Å². The maximum atomic E-state index is 11.8. The lowest BCUT2D eigenvalue weighted by atomic mass is 10.1. The van der Waals surface area contributed by atoms with Crippen molar-refractivity contribution in [1.82, 2.24) is 5.43 Å². The highest BCUT2D eigenvalue weighted by Gasteiger charge is 2.04. The van der Waals surface area contributed by atoms with Gasteiger partial charge in [-0.15, -0.1) is 0 Å². The van der Waals surface area contributed by atoms with Gasteiger partial charge in [0, 0.05) is 0 Å². The maximum Gasteiger partial charge on any atom is 0.277 e. The molecule has 0 radical (unpaired) electrons. The molecule has 6 nitrogen and oxygen atoms in total. The summed E-state index contributed by atoms with van der Waals surface area (Å²) in [6.45, 7) is 6.15. The van der Waals surface area contributed by atoms with E-state index in [-0.39, 0.29) is 18.3 Å². The molecular formula is C19H22N2O4. The van der Waals surface area contributed by atoms with Crippen molar-refractivity contribution in [3.63, 3.8) is 0 Å². The van der Waals surface area contributed by atoms with Crippen LogP contribution in [0.2, 0.25) is 0 Å². The Balaban J connectivity index is 1.85. The van der Waals surface area contributed by atoms with Crippen LogP contribution in [0.25, 0.3) is 0 Å². The van der Waals surface area contributed by atoms with Crippen molar-refractivity contribution in [2.45, 2.75) is 20.8 Å². The van der Waals surface area contributed by atoms with E-state index in [2.05, 4.69) is 10.5 Å². The van der Waals surface area contributed by atoms with Gasteiger partial charge in [-0.05, 0) is 67.8 Å². The molecule has 0 aliphatic rings. The first-order chi connectivity index (χ1) is 12.0. The van der Waals surface area contributed by atoms with E-state index < -0.39 is 0 Å². The van der Waals surface area contributed by atoms with Gasteiger partial charge in [-0.3, -0.25) is 4.79 Å². The number of nitrogens with one attached hydrogen (secondary N) is 1. The van der Waals surface area contributed by atoms with Gasteiger partial charge in [0.15, 0.2) is 18.1 Å². The molecule has 0 aliphatic heterocycles. The summed E-state index contributed by atoms with van der Waals surface area (Å²) in [7, 11) is 0. The fourth-order valence-electron chi connectivity index (χ4n) is 2.05. The Morgan fingerprint density at radius 2 is 1.96 bits per heavy atom.